The fourth-order valence-electron chi connectivity index (χ4n) is 4.99. The summed E-state index contributed by atoms with van der Waals surface area (Å²) in [7, 11) is 0. The Bertz CT molecular complexity index is 1270. The summed E-state index contributed by atoms with van der Waals surface area (Å²) in [6, 6.07) is 43.3. The van der Waals surface area contributed by atoms with Crippen molar-refractivity contribution in [1.82, 2.24) is 0 Å². The summed E-state index contributed by atoms with van der Waals surface area (Å²) in [4.78, 5) is 0. The van der Waals surface area contributed by atoms with Gasteiger partial charge in [0.05, 0.1) is 0 Å². The van der Waals surface area contributed by atoms with Crippen molar-refractivity contribution in [2.45, 2.75) is 19.3 Å². The predicted molar refractivity (Wildman–Crippen MR) is 136 cm³/mol. The molecule has 0 fully saturated rings. The standard InChI is InChI=1S/C32H27.2ClH.Zr/c1-24-23-29(25-15-7-3-8-16-25)30(26-17-9-4-10-18-26)31(27-19-11-5-12-20-27)32(24,2)28-21-13-6-14-22-28;;;/h3-22,24H,1-2H3;2*1H;/q-1;;;+3/p-2. The quantitative estimate of drug-likeness (QED) is 0.328. The summed E-state index contributed by atoms with van der Waals surface area (Å²) in [5.74, 6) is 0.197. The van der Waals surface area contributed by atoms with Crippen LogP contribution in [0.1, 0.15) is 36.1 Å². The van der Waals surface area contributed by atoms with Crippen molar-refractivity contribution < 1.29 is 51.0 Å². The van der Waals surface area contributed by atoms with Gasteiger partial charge in [0.15, 0.2) is 0 Å². The molecule has 0 heterocycles. The molecule has 1 aliphatic carbocycles. The van der Waals surface area contributed by atoms with Gasteiger partial charge < -0.3 is 24.8 Å². The molecule has 1 aliphatic rings. The second kappa shape index (κ2) is 12.7. The van der Waals surface area contributed by atoms with Gasteiger partial charge in [-0.05, 0) is 11.1 Å². The maximum Gasteiger partial charge on any atom is 3.00 e. The Balaban J connectivity index is 0.00000144. The molecule has 0 spiro atoms. The molecule has 0 saturated heterocycles. The predicted octanol–water partition coefficient (Wildman–Crippen LogP) is 2.10. The number of rotatable bonds is 4. The van der Waals surface area contributed by atoms with E-state index in [1.165, 1.54) is 39.0 Å². The van der Waals surface area contributed by atoms with Gasteiger partial charge in [-0.1, -0.05) is 140 Å². The number of hydrogen-bond donors (Lipinski definition) is 0. The molecule has 0 amide bonds. The zero-order valence-electron chi connectivity index (χ0n) is 19.9. The Morgan fingerprint density at radius 1 is 0.571 bits per heavy atom. The molecule has 0 nitrogen and oxygen atoms in total. The van der Waals surface area contributed by atoms with Crippen LogP contribution in [-0.4, -0.2) is 0 Å². The minimum atomic E-state index is -0.216. The number of allylic oxidation sites excluding steroid dienone is 4. The largest absolute Gasteiger partial charge is 3.00 e. The molecule has 2 atom stereocenters. The molecule has 4 aromatic carbocycles. The first kappa shape index (κ1) is 29.1. The van der Waals surface area contributed by atoms with Crippen LogP contribution in [0, 0.1) is 12.0 Å². The zero-order valence-corrected chi connectivity index (χ0v) is 23.9. The van der Waals surface area contributed by atoms with Gasteiger partial charge in [0.25, 0.3) is 0 Å². The Labute approximate surface area is 241 Å². The van der Waals surface area contributed by atoms with Crippen molar-refractivity contribution in [3.8, 4) is 0 Å². The summed E-state index contributed by atoms with van der Waals surface area (Å²) < 4.78 is 0. The van der Waals surface area contributed by atoms with E-state index >= 15 is 0 Å². The van der Waals surface area contributed by atoms with Crippen LogP contribution < -0.4 is 24.8 Å². The molecule has 0 N–H and O–H groups in total. The molecule has 173 valence electrons. The molecule has 35 heavy (non-hydrogen) atoms. The second-order valence-electron chi connectivity index (χ2n) is 8.66. The van der Waals surface area contributed by atoms with Crippen LogP contribution in [0.15, 0.2) is 121 Å². The van der Waals surface area contributed by atoms with E-state index < -0.39 is 0 Å². The average Bonchev–Trinajstić information content (AvgIpc) is 2.87. The summed E-state index contributed by atoms with van der Waals surface area (Å²) in [5.41, 5.74) is 8.63. The Kier molecular flexibility index (Phi) is 10.5. The van der Waals surface area contributed by atoms with Crippen molar-refractivity contribution in [1.29, 1.82) is 0 Å². The van der Waals surface area contributed by atoms with Crippen LogP contribution in [0.3, 0.4) is 0 Å². The topological polar surface area (TPSA) is 0 Å². The molecule has 3 heteroatoms. The van der Waals surface area contributed by atoms with E-state index in [9.17, 15) is 0 Å². The van der Waals surface area contributed by atoms with Crippen molar-refractivity contribution in [2.24, 2.45) is 5.92 Å². The van der Waals surface area contributed by atoms with Gasteiger partial charge >= 0.3 is 26.2 Å². The van der Waals surface area contributed by atoms with Crippen molar-refractivity contribution in [3.05, 3.63) is 150 Å². The maximum absolute atomic E-state index is 3.93. The molecule has 4 aromatic rings. The van der Waals surface area contributed by atoms with Gasteiger partial charge in [0.1, 0.15) is 0 Å². The molecule has 0 aromatic heterocycles. The molecular formula is C32H27Cl2Zr. The third-order valence-electron chi connectivity index (χ3n) is 6.81. The summed E-state index contributed by atoms with van der Waals surface area (Å²) in [5, 5.41) is 0. The molecule has 5 rings (SSSR count). The minimum Gasteiger partial charge on any atom is -1.00 e. The van der Waals surface area contributed by atoms with Crippen LogP contribution in [0.5, 0.6) is 0 Å². The summed E-state index contributed by atoms with van der Waals surface area (Å²) in [6.45, 7) is 4.69. The van der Waals surface area contributed by atoms with E-state index in [1.54, 1.807) is 0 Å². The van der Waals surface area contributed by atoms with Gasteiger partial charge in [0, 0.05) is 5.41 Å². The molecule has 1 radical (unpaired) electrons. The molecular weight excluding hydrogens is 546 g/mol. The van der Waals surface area contributed by atoms with Crippen molar-refractivity contribution in [2.75, 3.05) is 0 Å². The summed E-state index contributed by atoms with van der Waals surface area (Å²) >= 11 is 0. The normalized spacial score (nSPS) is 18.9. The van der Waals surface area contributed by atoms with Crippen molar-refractivity contribution >= 4 is 16.7 Å². The van der Waals surface area contributed by atoms with Crippen LogP contribution in [0.2, 0.25) is 0 Å². The SMILES string of the molecule is CC1[C-]=C(c2ccccc2)C(c2ccccc2)=C(c2ccccc2)C1(C)c1ccccc1.[Cl-].[Cl-].[Zr+3]. The molecule has 0 bridgehead atoms. The van der Waals surface area contributed by atoms with E-state index in [4.69, 9.17) is 0 Å². The van der Waals surface area contributed by atoms with Crippen LogP contribution in [0.4, 0.5) is 0 Å². The number of halogens is 2. The first-order valence-electron chi connectivity index (χ1n) is 11.3. The first-order valence-corrected chi connectivity index (χ1v) is 11.3. The number of hydrogen-bond acceptors (Lipinski definition) is 0. The van der Waals surface area contributed by atoms with E-state index in [0.717, 1.165) is 0 Å². The van der Waals surface area contributed by atoms with Gasteiger partial charge in [-0.15, -0.1) is 23.3 Å². The van der Waals surface area contributed by atoms with Gasteiger partial charge in [-0.25, -0.2) is 0 Å². The Morgan fingerprint density at radius 3 is 1.46 bits per heavy atom. The van der Waals surface area contributed by atoms with Crippen molar-refractivity contribution in [3.63, 3.8) is 0 Å². The fraction of sp³-hybridized carbons (Fsp3) is 0.125. The first-order chi connectivity index (χ1) is 15.7. The number of benzene rings is 4. The molecule has 0 aliphatic heterocycles. The van der Waals surface area contributed by atoms with E-state index in [2.05, 4.69) is 141 Å². The third-order valence-corrected chi connectivity index (χ3v) is 6.81. The Morgan fingerprint density at radius 2 is 0.971 bits per heavy atom. The van der Waals surface area contributed by atoms with Crippen LogP contribution in [-0.2, 0) is 31.6 Å². The van der Waals surface area contributed by atoms with Crippen LogP contribution >= 0.6 is 0 Å². The second-order valence-corrected chi connectivity index (χ2v) is 8.66. The average molecular weight is 574 g/mol. The van der Waals surface area contributed by atoms with E-state index in [-0.39, 0.29) is 62.4 Å². The van der Waals surface area contributed by atoms with E-state index in [0.29, 0.717) is 0 Å². The summed E-state index contributed by atoms with van der Waals surface area (Å²) in [6.07, 6.45) is 3.93. The Hall–Kier alpha value is -2.18. The molecule has 2 unspecified atom stereocenters. The van der Waals surface area contributed by atoms with E-state index in [1.807, 2.05) is 0 Å². The zero-order chi connectivity index (χ0) is 22.0. The van der Waals surface area contributed by atoms with Gasteiger partial charge in [-0.3, -0.25) is 0 Å². The van der Waals surface area contributed by atoms with Crippen LogP contribution in [0.25, 0.3) is 16.7 Å². The third kappa shape index (κ3) is 5.49. The van der Waals surface area contributed by atoms with Gasteiger partial charge in [0.2, 0.25) is 0 Å². The molecule has 0 saturated carbocycles. The minimum absolute atomic E-state index is 0. The van der Waals surface area contributed by atoms with Gasteiger partial charge in [-0.2, -0.15) is 11.6 Å². The smallest absolute Gasteiger partial charge is 1.00 e. The fourth-order valence-corrected chi connectivity index (χ4v) is 4.99. The maximum atomic E-state index is 3.93. The monoisotopic (exact) mass is 571 g/mol.